The van der Waals surface area contributed by atoms with Crippen LogP contribution in [-0.2, 0) is 44.6 Å². The standard InChI is InChI=1S/C38H46F3N3O9S/c1-5-22-19-37(22,35(48)43-54(49,50)53-24-13-14-24)20-31(45)30-17-25(52-33-27-11-8-12-28(38(39,40)41)26(27)15-16-42-33)21-44(30)34(47)29(36(2,3)4)18-32(46)51-23-9-6-7-10-23/h5,8,11-12,15-16,22-25,29-30H,1,6-7,9-10,13-14,17-21H2,2-4H3,(H,43,48)/t22-,25-,29-,30+,37?/m1/s1. The minimum Gasteiger partial charge on any atom is -0.472 e. The van der Waals surface area contributed by atoms with Crippen molar-refractivity contribution in [2.45, 2.75) is 116 Å². The Hall–Kier alpha value is -4.05. The Morgan fingerprint density at radius 1 is 1.04 bits per heavy atom. The third-order valence-corrected chi connectivity index (χ3v) is 11.9. The fourth-order valence-corrected chi connectivity index (χ4v) is 8.71. The topological polar surface area (TPSA) is 158 Å². The molecule has 3 saturated carbocycles. The van der Waals surface area contributed by atoms with Gasteiger partial charge >= 0.3 is 22.4 Å². The Labute approximate surface area is 312 Å². The lowest BCUT2D eigenvalue weighted by atomic mass is 9.77. The summed E-state index contributed by atoms with van der Waals surface area (Å²) in [5.74, 6) is -4.14. The molecule has 3 aliphatic carbocycles. The van der Waals surface area contributed by atoms with E-state index in [1.165, 1.54) is 35.4 Å². The first-order valence-corrected chi connectivity index (χ1v) is 19.7. The van der Waals surface area contributed by atoms with Crippen LogP contribution in [0.5, 0.6) is 5.88 Å². The van der Waals surface area contributed by atoms with Crippen molar-refractivity contribution in [3.63, 3.8) is 0 Å². The first-order valence-electron chi connectivity index (χ1n) is 18.3. The molecular weight excluding hydrogens is 731 g/mol. The van der Waals surface area contributed by atoms with Gasteiger partial charge in [0.2, 0.25) is 17.7 Å². The van der Waals surface area contributed by atoms with Gasteiger partial charge in [-0.15, -0.1) is 6.58 Å². The fourth-order valence-electron chi connectivity index (χ4n) is 7.68. The van der Waals surface area contributed by atoms with Crippen molar-refractivity contribution in [3.8, 4) is 5.88 Å². The quantitative estimate of drug-likeness (QED) is 0.183. The second-order valence-corrected chi connectivity index (χ2v) is 17.3. The number of halogens is 3. The number of hydrogen-bond acceptors (Lipinski definition) is 10. The Morgan fingerprint density at radius 2 is 1.74 bits per heavy atom. The lowest BCUT2D eigenvalue weighted by Gasteiger charge is -2.35. The average Bonchev–Trinajstić information content (AvgIpc) is 3.91. The number of alkyl halides is 3. The maximum absolute atomic E-state index is 14.6. The summed E-state index contributed by atoms with van der Waals surface area (Å²) in [6.07, 6.45) is 0.0985. The van der Waals surface area contributed by atoms with Gasteiger partial charge in [-0.25, -0.2) is 9.71 Å². The summed E-state index contributed by atoms with van der Waals surface area (Å²) in [4.78, 5) is 61.1. The second kappa shape index (κ2) is 14.9. The number of Topliss-reactive ketones (excluding diaryl/α,β-unsaturated/α-hetero) is 1. The SMILES string of the molecule is C=C[C@@H]1CC1(CC(=O)[C@@H]1C[C@@H](Oc2nccc3c(C(F)(F)F)cccc23)CN1C(=O)[C@@H](CC(=O)OC1CCCC1)C(C)(C)C)C(=O)NS(=O)(=O)OC1CC1. The van der Waals surface area contributed by atoms with Crippen LogP contribution in [0.25, 0.3) is 10.8 Å². The molecule has 4 aliphatic rings. The molecule has 5 atom stereocenters. The van der Waals surface area contributed by atoms with E-state index in [1.54, 1.807) is 20.8 Å². The molecule has 1 N–H and O–H groups in total. The van der Waals surface area contributed by atoms with E-state index in [1.807, 2.05) is 4.72 Å². The molecule has 0 bridgehead atoms. The Kier molecular flexibility index (Phi) is 10.9. The molecule has 0 radical (unpaired) electrons. The normalized spacial score (nSPS) is 25.3. The van der Waals surface area contributed by atoms with Crippen molar-refractivity contribution in [2.24, 2.45) is 22.7 Å². The van der Waals surface area contributed by atoms with Gasteiger partial charge in [0, 0.05) is 29.8 Å². The van der Waals surface area contributed by atoms with Crippen LogP contribution < -0.4 is 9.46 Å². The summed E-state index contributed by atoms with van der Waals surface area (Å²) < 4.78 is 85.5. The van der Waals surface area contributed by atoms with Crippen molar-refractivity contribution in [3.05, 3.63) is 48.7 Å². The predicted molar refractivity (Wildman–Crippen MR) is 189 cm³/mol. The Bertz CT molecular complexity index is 1920. The average molecular weight is 778 g/mol. The van der Waals surface area contributed by atoms with Gasteiger partial charge in [-0.2, -0.15) is 21.6 Å². The van der Waals surface area contributed by atoms with Gasteiger partial charge in [-0.05, 0) is 74.5 Å². The summed E-state index contributed by atoms with van der Waals surface area (Å²) in [7, 11) is -4.44. The number of rotatable bonds is 14. The summed E-state index contributed by atoms with van der Waals surface area (Å²) in [6.45, 7) is 8.94. The van der Waals surface area contributed by atoms with Gasteiger partial charge in [-0.3, -0.25) is 23.4 Å². The van der Waals surface area contributed by atoms with Crippen LogP contribution in [0.1, 0.15) is 90.5 Å². The van der Waals surface area contributed by atoms with Crippen LogP contribution in [0, 0.1) is 22.7 Å². The highest BCUT2D eigenvalue weighted by molar-refractivity contribution is 7.85. The summed E-state index contributed by atoms with van der Waals surface area (Å²) >= 11 is 0. The number of benzene rings is 1. The maximum Gasteiger partial charge on any atom is 0.417 e. The van der Waals surface area contributed by atoms with Crippen molar-refractivity contribution in [1.82, 2.24) is 14.6 Å². The number of esters is 1. The maximum atomic E-state index is 14.6. The molecule has 4 fully saturated rings. The lowest BCUT2D eigenvalue weighted by Crippen LogP contribution is -2.48. The van der Waals surface area contributed by atoms with Crippen molar-refractivity contribution in [1.29, 1.82) is 0 Å². The van der Waals surface area contributed by atoms with E-state index in [9.17, 15) is 40.8 Å². The van der Waals surface area contributed by atoms with E-state index in [-0.39, 0.29) is 48.6 Å². The number of ketones is 1. The van der Waals surface area contributed by atoms with Gasteiger partial charge < -0.3 is 14.4 Å². The lowest BCUT2D eigenvalue weighted by molar-refractivity contribution is -0.156. The highest BCUT2D eigenvalue weighted by Gasteiger charge is 2.61. The molecule has 1 aromatic heterocycles. The molecule has 2 heterocycles. The molecule has 54 heavy (non-hydrogen) atoms. The predicted octanol–water partition coefficient (Wildman–Crippen LogP) is 5.83. The van der Waals surface area contributed by atoms with Gasteiger partial charge in [-0.1, -0.05) is 32.9 Å². The molecule has 2 aromatic rings. The third-order valence-electron chi connectivity index (χ3n) is 11.0. The molecule has 1 unspecified atom stereocenters. The molecular formula is C38H46F3N3O9S. The first-order chi connectivity index (χ1) is 25.3. The monoisotopic (exact) mass is 777 g/mol. The molecule has 1 saturated heterocycles. The number of allylic oxidation sites excluding steroid dienone is 1. The minimum absolute atomic E-state index is 0.0826. The van der Waals surface area contributed by atoms with Crippen molar-refractivity contribution in [2.75, 3.05) is 6.54 Å². The minimum atomic E-state index is -4.65. The summed E-state index contributed by atoms with van der Waals surface area (Å²) in [5.41, 5.74) is -3.12. The van der Waals surface area contributed by atoms with Crippen LogP contribution in [0.15, 0.2) is 43.1 Å². The van der Waals surface area contributed by atoms with Crippen LogP contribution in [0.4, 0.5) is 13.2 Å². The van der Waals surface area contributed by atoms with E-state index in [0.717, 1.165) is 31.7 Å². The van der Waals surface area contributed by atoms with E-state index in [0.29, 0.717) is 12.8 Å². The number of pyridine rings is 1. The summed E-state index contributed by atoms with van der Waals surface area (Å²) in [6, 6.07) is 3.66. The number of carbonyl (C=O) groups is 4. The number of nitrogens with zero attached hydrogens (tertiary/aromatic N) is 2. The van der Waals surface area contributed by atoms with Crippen LogP contribution in [0.3, 0.4) is 0 Å². The van der Waals surface area contributed by atoms with Crippen LogP contribution in [-0.4, -0.2) is 72.8 Å². The first kappa shape index (κ1) is 39.6. The highest BCUT2D eigenvalue weighted by Crippen LogP contribution is 2.57. The zero-order valence-corrected chi connectivity index (χ0v) is 31.3. The molecule has 0 spiro atoms. The van der Waals surface area contributed by atoms with E-state index in [4.69, 9.17) is 13.7 Å². The van der Waals surface area contributed by atoms with E-state index in [2.05, 4.69) is 11.6 Å². The van der Waals surface area contributed by atoms with Crippen molar-refractivity contribution < 1.29 is 54.4 Å². The molecule has 6 rings (SSSR count). The third kappa shape index (κ3) is 8.74. The molecule has 16 heteroatoms. The number of nitrogens with one attached hydrogen (secondary N) is 1. The van der Waals surface area contributed by atoms with Gasteiger partial charge in [0.25, 0.3) is 0 Å². The molecule has 1 aromatic carbocycles. The molecule has 294 valence electrons. The van der Waals surface area contributed by atoms with Crippen LogP contribution in [0.2, 0.25) is 0 Å². The van der Waals surface area contributed by atoms with Gasteiger partial charge in [0.1, 0.15) is 12.2 Å². The number of aromatic nitrogens is 1. The highest BCUT2D eigenvalue weighted by atomic mass is 32.2. The van der Waals surface area contributed by atoms with Gasteiger partial charge in [0.05, 0.1) is 42.0 Å². The largest absolute Gasteiger partial charge is 0.472 e. The molecule has 12 nitrogen and oxygen atoms in total. The number of amides is 2. The molecule has 2 amide bonds. The Balaban J connectivity index is 1.28. The zero-order chi connectivity index (χ0) is 39.2. The van der Waals surface area contributed by atoms with Crippen molar-refractivity contribution >= 4 is 44.6 Å². The van der Waals surface area contributed by atoms with Crippen LogP contribution >= 0.6 is 0 Å². The number of likely N-dealkylation sites (tertiary alicyclic amines) is 1. The number of fused-ring (bicyclic) bond motifs is 1. The van der Waals surface area contributed by atoms with E-state index >= 15 is 0 Å². The van der Waals surface area contributed by atoms with E-state index < -0.39 is 92.9 Å². The number of carbonyl (C=O) groups excluding carboxylic acids is 4. The molecule has 1 aliphatic heterocycles. The number of hydrogen-bond donors (Lipinski definition) is 1. The zero-order valence-electron chi connectivity index (χ0n) is 30.5. The van der Waals surface area contributed by atoms with Gasteiger partial charge in [0.15, 0.2) is 5.78 Å². The second-order valence-electron chi connectivity index (χ2n) is 16.0. The fraction of sp³-hybridized carbons (Fsp3) is 0.605. The Morgan fingerprint density at radius 3 is 2.35 bits per heavy atom. The smallest absolute Gasteiger partial charge is 0.417 e. The summed E-state index contributed by atoms with van der Waals surface area (Å²) in [5, 5.41) is -0.0563. The number of ether oxygens (including phenoxy) is 2.